The summed E-state index contributed by atoms with van der Waals surface area (Å²) in [6, 6.07) is 26.2. The number of esters is 2. The molecule has 3 aromatic carbocycles. The lowest BCUT2D eigenvalue weighted by atomic mass is 9.91. The number of ether oxygens (including phenoxy) is 2. The third-order valence-electron chi connectivity index (χ3n) is 5.90. The minimum atomic E-state index is -1.11. The van der Waals surface area contributed by atoms with Gasteiger partial charge >= 0.3 is 17.9 Å². The van der Waals surface area contributed by atoms with Gasteiger partial charge in [0, 0.05) is 18.4 Å². The summed E-state index contributed by atoms with van der Waals surface area (Å²) in [6.45, 7) is 3.63. The minimum absolute atomic E-state index is 0.0543. The summed E-state index contributed by atoms with van der Waals surface area (Å²) in [7, 11) is 0. The predicted octanol–water partition coefficient (Wildman–Crippen LogP) is 6.19. The van der Waals surface area contributed by atoms with Gasteiger partial charge in [0.05, 0.1) is 11.1 Å². The molecule has 0 aliphatic rings. The lowest BCUT2D eigenvalue weighted by molar-refractivity contribution is -0.133. The van der Waals surface area contributed by atoms with E-state index in [1.165, 1.54) is 0 Å². The fourth-order valence-electron chi connectivity index (χ4n) is 3.75. The van der Waals surface area contributed by atoms with E-state index in [-0.39, 0.29) is 18.4 Å². The highest BCUT2D eigenvalue weighted by Crippen LogP contribution is 2.29. The summed E-state index contributed by atoms with van der Waals surface area (Å²) in [6.07, 6.45) is 1.22. The zero-order valence-corrected chi connectivity index (χ0v) is 20.4. The molecule has 0 amide bonds. The predicted molar refractivity (Wildman–Crippen MR) is 137 cm³/mol. The van der Waals surface area contributed by atoms with Crippen LogP contribution in [0.2, 0.25) is 0 Å². The van der Waals surface area contributed by atoms with E-state index in [0.717, 1.165) is 5.56 Å². The number of hydrogen-bond donors (Lipinski definition) is 1. The Kier molecular flexibility index (Phi) is 9.17. The standard InChI is InChI=1S/C30H30O6/c1-3-30(2,36-29(34)24-17-11-6-12-18-24)21-26(35-28(33)23-15-9-5-10-16-23)20-25(27(31)32)19-22-13-7-4-8-14-22/h4-19,26H,3,20-21H2,1-2H3,(H,31,32). The third-order valence-corrected chi connectivity index (χ3v) is 5.90. The molecule has 6 heteroatoms. The smallest absolute Gasteiger partial charge is 0.338 e. The van der Waals surface area contributed by atoms with Crippen molar-refractivity contribution in [3.05, 3.63) is 113 Å². The van der Waals surface area contributed by atoms with Crippen molar-refractivity contribution in [1.29, 1.82) is 0 Å². The highest BCUT2D eigenvalue weighted by atomic mass is 16.6. The number of aliphatic carboxylic acids is 1. The molecular weight excluding hydrogens is 456 g/mol. The topological polar surface area (TPSA) is 89.9 Å². The molecule has 0 heterocycles. The van der Waals surface area contributed by atoms with E-state index in [1.54, 1.807) is 85.8 Å². The van der Waals surface area contributed by atoms with Crippen molar-refractivity contribution in [2.24, 2.45) is 0 Å². The Bertz CT molecular complexity index is 1190. The van der Waals surface area contributed by atoms with Gasteiger partial charge in [0.25, 0.3) is 0 Å². The van der Waals surface area contributed by atoms with Gasteiger partial charge in [-0.2, -0.15) is 0 Å². The zero-order chi connectivity index (χ0) is 26.0. The Morgan fingerprint density at radius 1 is 0.833 bits per heavy atom. The van der Waals surface area contributed by atoms with Gasteiger partial charge in [0.1, 0.15) is 11.7 Å². The molecule has 0 aliphatic heterocycles. The van der Waals surface area contributed by atoms with Gasteiger partial charge in [-0.1, -0.05) is 73.7 Å². The first kappa shape index (κ1) is 26.4. The molecule has 0 saturated carbocycles. The number of hydrogen-bond acceptors (Lipinski definition) is 5. The van der Waals surface area contributed by atoms with Crippen LogP contribution in [0.3, 0.4) is 0 Å². The molecule has 0 radical (unpaired) electrons. The lowest BCUT2D eigenvalue weighted by Gasteiger charge is -2.32. The van der Waals surface area contributed by atoms with Crippen LogP contribution >= 0.6 is 0 Å². The molecule has 186 valence electrons. The van der Waals surface area contributed by atoms with Gasteiger partial charge in [-0.25, -0.2) is 14.4 Å². The van der Waals surface area contributed by atoms with Gasteiger partial charge in [-0.15, -0.1) is 0 Å². The van der Waals surface area contributed by atoms with Gasteiger partial charge in [-0.05, 0) is 49.2 Å². The lowest BCUT2D eigenvalue weighted by Crippen LogP contribution is -2.37. The maximum Gasteiger partial charge on any atom is 0.338 e. The highest BCUT2D eigenvalue weighted by molar-refractivity contribution is 5.93. The molecule has 0 fully saturated rings. The Morgan fingerprint density at radius 3 is 1.83 bits per heavy atom. The first-order chi connectivity index (χ1) is 17.3. The molecule has 2 atom stereocenters. The summed E-state index contributed by atoms with van der Waals surface area (Å²) in [5.74, 6) is -2.18. The Labute approximate surface area is 211 Å². The summed E-state index contributed by atoms with van der Waals surface area (Å²) >= 11 is 0. The second-order valence-corrected chi connectivity index (χ2v) is 8.75. The average Bonchev–Trinajstić information content (AvgIpc) is 2.89. The van der Waals surface area contributed by atoms with Crippen molar-refractivity contribution in [2.45, 2.75) is 44.8 Å². The molecule has 0 bridgehead atoms. The molecule has 2 unspecified atom stereocenters. The van der Waals surface area contributed by atoms with Crippen LogP contribution < -0.4 is 0 Å². The molecule has 3 rings (SSSR count). The number of carboxylic acid groups (broad SMARTS) is 1. The van der Waals surface area contributed by atoms with Crippen LogP contribution in [0, 0.1) is 0 Å². The van der Waals surface area contributed by atoms with E-state index in [0.29, 0.717) is 17.5 Å². The van der Waals surface area contributed by atoms with Crippen LogP contribution in [0.25, 0.3) is 6.08 Å². The molecule has 6 nitrogen and oxygen atoms in total. The summed E-state index contributed by atoms with van der Waals surface area (Å²) < 4.78 is 11.7. The van der Waals surface area contributed by atoms with Crippen molar-refractivity contribution >= 4 is 24.0 Å². The highest BCUT2D eigenvalue weighted by Gasteiger charge is 2.34. The molecule has 3 aromatic rings. The van der Waals surface area contributed by atoms with E-state index in [1.807, 2.05) is 25.1 Å². The Morgan fingerprint density at radius 2 is 1.33 bits per heavy atom. The van der Waals surface area contributed by atoms with E-state index >= 15 is 0 Å². The monoisotopic (exact) mass is 486 g/mol. The van der Waals surface area contributed by atoms with Crippen molar-refractivity contribution in [2.75, 3.05) is 0 Å². The van der Waals surface area contributed by atoms with Crippen molar-refractivity contribution in [3.8, 4) is 0 Å². The van der Waals surface area contributed by atoms with Crippen LogP contribution in [-0.4, -0.2) is 34.7 Å². The number of carbonyl (C=O) groups excluding carboxylic acids is 2. The normalized spacial score (nSPS) is 13.8. The third kappa shape index (κ3) is 7.67. The van der Waals surface area contributed by atoms with E-state index in [4.69, 9.17) is 9.47 Å². The minimum Gasteiger partial charge on any atom is -0.478 e. The number of benzene rings is 3. The Balaban J connectivity index is 1.87. The molecule has 0 aliphatic carbocycles. The molecule has 0 spiro atoms. The second kappa shape index (κ2) is 12.5. The zero-order valence-electron chi connectivity index (χ0n) is 20.4. The van der Waals surface area contributed by atoms with Crippen molar-refractivity contribution in [1.82, 2.24) is 0 Å². The molecule has 0 aromatic heterocycles. The molecule has 1 N–H and O–H groups in total. The van der Waals surface area contributed by atoms with E-state index in [2.05, 4.69) is 0 Å². The molecule has 0 saturated heterocycles. The van der Waals surface area contributed by atoms with Crippen LogP contribution in [-0.2, 0) is 14.3 Å². The second-order valence-electron chi connectivity index (χ2n) is 8.75. The molecule has 36 heavy (non-hydrogen) atoms. The quantitative estimate of drug-likeness (QED) is 0.257. The van der Waals surface area contributed by atoms with Crippen molar-refractivity contribution < 1.29 is 29.0 Å². The maximum absolute atomic E-state index is 12.9. The average molecular weight is 487 g/mol. The summed E-state index contributed by atoms with van der Waals surface area (Å²) in [5, 5.41) is 9.89. The SMILES string of the molecule is CCC(C)(CC(CC(=Cc1ccccc1)C(=O)O)OC(=O)c1ccccc1)OC(=O)c1ccccc1. The molecular formula is C30H30O6. The van der Waals surface area contributed by atoms with E-state index in [9.17, 15) is 19.5 Å². The Hall–Kier alpha value is -4.19. The fourth-order valence-corrected chi connectivity index (χ4v) is 3.75. The maximum atomic E-state index is 12.9. The first-order valence-electron chi connectivity index (χ1n) is 11.8. The summed E-state index contributed by atoms with van der Waals surface area (Å²) in [5.41, 5.74) is 0.568. The fraction of sp³-hybridized carbons (Fsp3) is 0.233. The first-order valence-corrected chi connectivity index (χ1v) is 11.8. The summed E-state index contributed by atoms with van der Waals surface area (Å²) in [4.78, 5) is 37.8. The number of rotatable bonds is 11. The van der Waals surface area contributed by atoms with Gasteiger partial charge in [-0.3, -0.25) is 0 Å². The van der Waals surface area contributed by atoms with Crippen molar-refractivity contribution in [3.63, 3.8) is 0 Å². The number of carbonyl (C=O) groups is 3. The largest absolute Gasteiger partial charge is 0.478 e. The van der Waals surface area contributed by atoms with Gasteiger partial charge in [0.2, 0.25) is 0 Å². The number of carboxylic acids is 1. The van der Waals surface area contributed by atoms with E-state index < -0.39 is 29.6 Å². The van der Waals surface area contributed by atoms with Crippen LogP contribution in [0.1, 0.15) is 59.4 Å². The van der Waals surface area contributed by atoms with Crippen LogP contribution in [0.5, 0.6) is 0 Å². The van der Waals surface area contributed by atoms with Gasteiger partial charge in [0.15, 0.2) is 0 Å². The van der Waals surface area contributed by atoms with Crippen LogP contribution in [0.4, 0.5) is 0 Å². The van der Waals surface area contributed by atoms with Crippen LogP contribution in [0.15, 0.2) is 96.6 Å². The van der Waals surface area contributed by atoms with Gasteiger partial charge < -0.3 is 14.6 Å².